The largest absolute Gasteiger partial charge is 0.480 e. The van der Waals surface area contributed by atoms with Gasteiger partial charge in [0.1, 0.15) is 11.4 Å². The molecule has 2 aliphatic heterocycles. The van der Waals surface area contributed by atoms with Crippen LogP contribution in [0.2, 0.25) is 0 Å². The fraction of sp³-hybridized carbons (Fsp3) is 0.700. The molecule has 3 N–H and O–H groups in total. The van der Waals surface area contributed by atoms with Gasteiger partial charge >= 0.3 is 5.97 Å². The Labute approximate surface area is 113 Å². The highest BCUT2D eigenvalue weighted by Crippen LogP contribution is 2.43. The van der Waals surface area contributed by atoms with E-state index in [9.17, 15) is 19.5 Å². The predicted molar refractivity (Wildman–Crippen MR) is 69.1 cm³/mol. The minimum absolute atomic E-state index is 0.0572. The van der Waals surface area contributed by atoms with Gasteiger partial charge < -0.3 is 15.7 Å². The third-order valence-electron chi connectivity index (χ3n) is 3.20. The molecule has 100 valence electrons. The Morgan fingerprint density at radius 1 is 1.67 bits per heavy atom. The summed E-state index contributed by atoms with van der Waals surface area (Å²) in [5, 5.41) is 8.79. The van der Waals surface area contributed by atoms with Crippen molar-refractivity contribution >= 4 is 40.5 Å². The van der Waals surface area contributed by atoms with Crippen molar-refractivity contribution in [3.05, 3.63) is 0 Å². The summed E-state index contributed by atoms with van der Waals surface area (Å²) >= 11 is 2.27. The maximum Gasteiger partial charge on any atom is 0.320 e. The van der Waals surface area contributed by atoms with Crippen molar-refractivity contribution in [2.75, 3.05) is 18.1 Å². The van der Waals surface area contributed by atoms with E-state index in [4.69, 9.17) is 5.73 Å². The van der Waals surface area contributed by atoms with Gasteiger partial charge in [-0.15, -0.1) is 11.8 Å². The van der Waals surface area contributed by atoms with Crippen LogP contribution in [-0.4, -0.2) is 56.5 Å². The van der Waals surface area contributed by atoms with Crippen molar-refractivity contribution in [3.63, 3.8) is 0 Å². The summed E-state index contributed by atoms with van der Waals surface area (Å²) in [6, 6.07) is -0.560. The molecule has 0 saturated carbocycles. The van der Waals surface area contributed by atoms with Gasteiger partial charge in [-0.25, -0.2) is 0 Å². The van der Waals surface area contributed by atoms with E-state index in [0.29, 0.717) is 5.75 Å². The number of carboxylic acids is 1. The average Bonchev–Trinajstić information content (AvgIpc) is 2.36. The molecule has 0 radical (unpaired) electrons. The molecule has 2 aliphatic rings. The smallest absolute Gasteiger partial charge is 0.320 e. The zero-order chi connectivity index (χ0) is 13.5. The van der Waals surface area contributed by atoms with Gasteiger partial charge in [0.2, 0.25) is 11.0 Å². The van der Waals surface area contributed by atoms with Gasteiger partial charge in [0.15, 0.2) is 5.41 Å². The molecule has 2 rings (SSSR count). The maximum atomic E-state index is 12.0. The first-order valence-corrected chi connectivity index (χ1v) is 7.56. The Morgan fingerprint density at radius 2 is 2.33 bits per heavy atom. The summed E-state index contributed by atoms with van der Waals surface area (Å²) in [4.78, 5) is 36.4. The van der Waals surface area contributed by atoms with Crippen molar-refractivity contribution in [2.24, 2.45) is 11.1 Å². The Kier molecular flexibility index (Phi) is 3.61. The second-order valence-electron chi connectivity index (χ2n) is 4.30. The van der Waals surface area contributed by atoms with Crippen LogP contribution in [0.5, 0.6) is 0 Å². The van der Waals surface area contributed by atoms with E-state index in [1.54, 1.807) is 6.92 Å². The molecule has 0 aliphatic carbocycles. The first-order valence-electron chi connectivity index (χ1n) is 5.52. The number of carbonyl (C=O) groups is 3. The minimum atomic E-state index is -1.49. The molecule has 0 bridgehead atoms. The second-order valence-corrected chi connectivity index (χ2v) is 6.64. The highest BCUT2D eigenvalue weighted by atomic mass is 32.2. The number of carbonyl (C=O) groups excluding carboxylic acids is 2. The number of β-lactam (4-membered cyclic amide) rings is 1. The van der Waals surface area contributed by atoms with Crippen molar-refractivity contribution in [1.29, 1.82) is 0 Å². The van der Waals surface area contributed by atoms with Crippen LogP contribution in [0.1, 0.15) is 6.92 Å². The maximum absolute atomic E-state index is 12.0. The summed E-state index contributed by atoms with van der Waals surface area (Å²) in [5.41, 5.74) is 4.14. The van der Waals surface area contributed by atoms with E-state index in [-0.39, 0.29) is 28.7 Å². The van der Waals surface area contributed by atoms with Gasteiger partial charge in [0.05, 0.1) is 0 Å². The summed E-state index contributed by atoms with van der Waals surface area (Å²) < 4.78 is 0. The third-order valence-corrected chi connectivity index (χ3v) is 5.69. The van der Waals surface area contributed by atoms with Crippen molar-refractivity contribution in [1.82, 2.24) is 4.90 Å². The van der Waals surface area contributed by atoms with Gasteiger partial charge in [-0.2, -0.15) is 0 Å². The lowest BCUT2D eigenvalue weighted by Gasteiger charge is -2.52. The number of nitrogens with two attached hydrogens (primary N) is 1. The van der Waals surface area contributed by atoms with Crippen LogP contribution in [-0.2, 0) is 14.4 Å². The normalized spacial score (nSPS) is 34.8. The van der Waals surface area contributed by atoms with E-state index in [0.717, 1.165) is 11.8 Å². The summed E-state index contributed by atoms with van der Waals surface area (Å²) in [5.74, 6) is -0.731. The first kappa shape index (κ1) is 13.7. The highest BCUT2D eigenvalue weighted by molar-refractivity contribution is 8.13. The molecule has 2 fully saturated rings. The molecule has 0 spiro atoms. The molecule has 2 saturated heterocycles. The number of nitrogens with zero attached hydrogens (tertiary/aromatic N) is 1. The first-order chi connectivity index (χ1) is 8.44. The molecule has 2 unspecified atom stereocenters. The van der Waals surface area contributed by atoms with Gasteiger partial charge in [-0.05, 0) is 5.75 Å². The van der Waals surface area contributed by atoms with E-state index >= 15 is 0 Å². The standard InChI is InChI=1S/C10H14N2O4S2/c1-2-17-9(16)10(8(14)15)3-12-6(13)5(11)7(12)18-4-10/h5,7H,2-4,11H2,1H3,(H,14,15)/t5?,7-,10?/m1/s1. The average molecular weight is 290 g/mol. The topological polar surface area (TPSA) is 101 Å². The van der Waals surface area contributed by atoms with Crippen LogP contribution in [0.25, 0.3) is 0 Å². The molecule has 0 aromatic rings. The van der Waals surface area contributed by atoms with E-state index in [1.165, 1.54) is 16.7 Å². The number of hydrogen-bond donors (Lipinski definition) is 2. The summed E-state index contributed by atoms with van der Waals surface area (Å²) in [6.45, 7) is 1.74. The molecule has 0 aromatic carbocycles. The van der Waals surface area contributed by atoms with Gasteiger partial charge in [0, 0.05) is 12.3 Å². The van der Waals surface area contributed by atoms with Crippen LogP contribution in [0.3, 0.4) is 0 Å². The molecule has 2 heterocycles. The third kappa shape index (κ3) is 1.83. The summed E-state index contributed by atoms with van der Waals surface area (Å²) in [6.07, 6.45) is 0. The van der Waals surface area contributed by atoms with Crippen molar-refractivity contribution in [2.45, 2.75) is 18.3 Å². The quantitative estimate of drug-likeness (QED) is 0.537. The number of amides is 1. The van der Waals surface area contributed by atoms with Crippen molar-refractivity contribution in [3.8, 4) is 0 Å². The fourth-order valence-corrected chi connectivity index (χ4v) is 4.42. The number of fused-ring (bicyclic) bond motifs is 1. The monoisotopic (exact) mass is 290 g/mol. The van der Waals surface area contributed by atoms with Crippen LogP contribution in [0.4, 0.5) is 0 Å². The second kappa shape index (κ2) is 4.75. The minimum Gasteiger partial charge on any atom is -0.480 e. The molecule has 3 atom stereocenters. The highest BCUT2D eigenvalue weighted by Gasteiger charge is 2.58. The van der Waals surface area contributed by atoms with E-state index in [1.807, 2.05) is 0 Å². The lowest BCUT2D eigenvalue weighted by atomic mass is 9.89. The predicted octanol–water partition coefficient (Wildman–Crippen LogP) is -0.420. The lowest BCUT2D eigenvalue weighted by Crippen LogP contribution is -2.72. The molecule has 8 heteroatoms. The number of aliphatic carboxylic acids is 1. The molecular weight excluding hydrogens is 276 g/mol. The molecule has 18 heavy (non-hydrogen) atoms. The van der Waals surface area contributed by atoms with Crippen LogP contribution in [0, 0.1) is 5.41 Å². The van der Waals surface area contributed by atoms with Crippen LogP contribution in [0.15, 0.2) is 0 Å². The van der Waals surface area contributed by atoms with Crippen LogP contribution >= 0.6 is 23.5 Å². The Hall–Kier alpha value is -0.730. The molecule has 0 aromatic heterocycles. The molecular formula is C10H14N2O4S2. The molecule has 1 amide bonds. The Morgan fingerprint density at radius 3 is 2.89 bits per heavy atom. The van der Waals surface area contributed by atoms with Gasteiger partial charge in [0.25, 0.3) is 0 Å². The van der Waals surface area contributed by atoms with E-state index in [2.05, 4.69) is 0 Å². The Bertz CT molecular complexity index is 417. The van der Waals surface area contributed by atoms with Gasteiger partial charge in [-0.3, -0.25) is 14.4 Å². The number of hydrogen-bond acceptors (Lipinski definition) is 6. The Balaban J connectivity index is 2.21. The number of rotatable bonds is 3. The zero-order valence-corrected chi connectivity index (χ0v) is 11.4. The number of thioether (sulfide) groups is 2. The molecule has 6 nitrogen and oxygen atoms in total. The zero-order valence-electron chi connectivity index (χ0n) is 9.79. The number of carboxylic acid groups (broad SMARTS) is 1. The van der Waals surface area contributed by atoms with E-state index < -0.39 is 17.4 Å². The SMILES string of the molecule is CCSC(=O)C1(C(=O)O)CS[C@@H]2C(N)C(=O)N2C1. The fourth-order valence-electron chi connectivity index (χ4n) is 2.09. The lowest BCUT2D eigenvalue weighted by molar-refractivity contribution is -0.158. The van der Waals surface area contributed by atoms with Gasteiger partial charge in [-0.1, -0.05) is 18.7 Å². The van der Waals surface area contributed by atoms with Crippen LogP contribution < -0.4 is 5.73 Å². The van der Waals surface area contributed by atoms with Crippen molar-refractivity contribution < 1.29 is 19.5 Å². The summed E-state index contributed by atoms with van der Waals surface area (Å²) in [7, 11) is 0.